The lowest BCUT2D eigenvalue weighted by molar-refractivity contribution is -0.137. The van der Waals surface area contributed by atoms with Crippen molar-refractivity contribution in [1.82, 2.24) is 20.4 Å². The molecular weight excluding hydrogens is 500 g/mol. The molecule has 6 amide bonds. The van der Waals surface area contributed by atoms with Crippen LogP contribution in [0.25, 0.3) is 0 Å². The zero-order valence-electron chi connectivity index (χ0n) is 20.5. The first-order valence-corrected chi connectivity index (χ1v) is 12.1. The third-order valence-electron chi connectivity index (χ3n) is 7.28. The molecule has 2 aromatic rings. The molecule has 1 unspecified atom stereocenters. The Morgan fingerprint density at radius 2 is 1.79 bits per heavy atom. The van der Waals surface area contributed by atoms with Crippen LogP contribution in [-0.4, -0.2) is 64.6 Å². The number of hydrogen-bond acceptors (Lipinski definition) is 5. The van der Waals surface area contributed by atoms with Gasteiger partial charge in [0.2, 0.25) is 17.7 Å². The second-order valence-electron chi connectivity index (χ2n) is 9.87. The third kappa shape index (κ3) is 4.69. The Labute approximate surface area is 216 Å². The summed E-state index contributed by atoms with van der Waals surface area (Å²) in [6, 6.07) is 6.72. The lowest BCUT2D eigenvalue weighted by atomic mass is 9.95. The number of urea groups is 1. The highest BCUT2D eigenvalue weighted by Gasteiger charge is 2.54. The predicted molar refractivity (Wildman–Crippen MR) is 129 cm³/mol. The zero-order chi connectivity index (χ0) is 27.2. The molecule has 38 heavy (non-hydrogen) atoms. The molecule has 2 atom stereocenters. The summed E-state index contributed by atoms with van der Waals surface area (Å²) < 4.78 is 27.5. The summed E-state index contributed by atoms with van der Waals surface area (Å²) in [6.45, 7) is -0.667. The minimum atomic E-state index is -1.00. The summed E-state index contributed by atoms with van der Waals surface area (Å²) in [5.74, 6) is -3.38. The number of amides is 6. The molecule has 1 spiro atoms. The van der Waals surface area contributed by atoms with Gasteiger partial charge in [0.15, 0.2) is 0 Å². The lowest BCUT2D eigenvalue weighted by Crippen LogP contribution is -2.48. The number of anilines is 1. The van der Waals surface area contributed by atoms with Crippen LogP contribution in [0.4, 0.5) is 19.3 Å². The molecule has 0 bridgehead atoms. The highest BCUT2D eigenvalue weighted by Crippen LogP contribution is 2.38. The van der Waals surface area contributed by atoms with E-state index in [0.717, 1.165) is 28.2 Å². The third-order valence-corrected chi connectivity index (χ3v) is 7.28. The molecular formula is C26H25F2N5O5. The Balaban J connectivity index is 1.31. The maximum absolute atomic E-state index is 13.7. The molecule has 3 N–H and O–H groups in total. The number of halogens is 2. The SMILES string of the molecule is CN1C(=O)NC(=O)[C@@]12Cc1ccc(NC(=O)CN(Cc3cc(F)cc(F)c3)C(=O)C3CCC(=O)N3)cc1C2. The van der Waals surface area contributed by atoms with Crippen LogP contribution in [0.5, 0.6) is 0 Å². The van der Waals surface area contributed by atoms with Crippen molar-refractivity contribution in [1.29, 1.82) is 0 Å². The van der Waals surface area contributed by atoms with Gasteiger partial charge in [-0.1, -0.05) is 6.07 Å². The van der Waals surface area contributed by atoms with Gasteiger partial charge in [-0.05, 0) is 47.4 Å². The van der Waals surface area contributed by atoms with E-state index in [2.05, 4.69) is 16.0 Å². The van der Waals surface area contributed by atoms with Crippen LogP contribution in [0.1, 0.15) is 29.5 Å². The molecule has 2 aromatic carbocycles. The summed E-state index contributed by atoms with van der Waals surface area (Å²) >= 11 is 0. The molecule has 1 aliphatic carbocycles. The quantitative estimate of drug-likeness (QED) is 0.489. The van der Waals surface area contributed by atoms with E-state index in [-0.39, 0.29) is 43.2 Å². The summed E-state index contributed by atoms with van der Waals surface area (Å²) in [5, 5.41) is 7.62. The van der Waals surface area contributed by atoms with E-state index in [1.54, 1.807) is 25.2 Å². The number of hydrogen-bond donors (Lipinski definition) is 3. The second-order valence-corrected chi connectivity index (χ2v) is 9.87. The van der Waals surface area contributed by atoms with Gasteiger partial charge < -0.3 is 20.4 Å². The topological polar surface area (TPSA) is 128 Å². The molecule has 3 aliphatic rings. The van der Waals surface area contributed by atoms with E-state index in [0.29, 0.717) is 18.2 Å². The van der Waals surface area contributed by atoms with E-state index in [9.17, 15) is 32.8 Å². The number of fused-ring (bicyclic) bond motifs is 1. The Hall–Kier alpha value is -4.35. The van der Waals surface area contributed by atoms with Crippen LogP contribution in [0.15, 0.2) is 36.4 Å². The van der Waals surface area contributed by atoms with Crippen molar-refractivity contribution < 1.29 is 32.8 Å². The van der Waals surface area contributed by atoms with Gasteiger partial charge in [-0.25, -0.2) is 13.6 Å². The van der Waals surface area contributed by atoms with Gasteiger partial charge >= 0.3 is 6.03 Å². The second kappa shape index (κ2) is 9.51. The molecule has 2 saturated heterocycles. The average molecular weight is 526 g/mol. The summed E-state index contributed by atoms with van der Waals surface area (Å²) in [7, 11) is 1.57. The van der Waals surface area contributed by atoms with Gasteiger partial charge in [-0.3, -0.25) is 24.5 Å². The first-order valence-electron chi connectivity index (χ1n) is 12.1. The van der Waals surface area contributed by atoms with Gasteiger partial charge in [0.1, 0.15) is 29.8 Å². The van der Waals surface area contributed by atoms with E-state index in [4.69, 9.17) is 0 Å². The predicted octanol–water partition coefficient (Wildman–Crippen LogP) is 1.23. The minimum absolute atomic E-state index is 0.157. The maximum Gasteiger partial charge on any atom is 0.324 e. The number of rotatable bonds is 6. The molecule has 12 heteroatoms. The molecule has 0 aromatic heterocycles. The van der Waals surface area contributed by atoms with Crippen molar-refractivity contribution in [2.75, 3.05) is 18.9 Å². The van der Waals surface area contributed by atoms with Gasteiger partial charge in [-0.2, -0.15) is 0 Å². The average Bonchev–Trinajstić information content (AvgIpc) is 3.50. The fourth-order valence-electron chi connectivity index (χ4n) is 5.30. The Kier molecular flexibility index (Phi) is 6.33. The number of nitrogens with zero attached hydrogens (tertiary/aromatic N) is 2. The molecule has 198 valence electrons. The van der Waals surface area contributed by atoms with Crippen LogP contribution in [-0.2, 0) is 38.6 Å². The Bertz CT molecular complexity index is 1360. The van der Waals surface area contributed by atoms with E-state index >= 15 is 0 Å². The van der Waals surface area contributed by atoms with Gasteiger partial charge in [-0.15, -0.1) is 0 Å². The van der Waals surface area contributed by atoms with Crippen LogP contribution < -0.4 is 16.0 Å². The van der Waals surface area contributed by atoms with E-state index in [1.807, 2.05) is 0 Å². The van der Waals surface area contributed by atoms with Crippen LogP contribution in [0.2, 0.25) is 0 Å². The zero-order valence-corrected chi connectivity index (χ0v) is 20.5. The summed E-state index contributed by atoms with van der Waals surface area (Å²) in [6.07, 6.45) is 1.06. The van der Waals surface area contributed by atoms with Crippen molar-refractivity contribution in [3.8, 4) is 0 Å². The fourth-order valence-corrected chi connectivity index (χ4v) is 5.30. The number of benzene rings is 2. The Morgan fingerprint density at radius 1 is 1.08 bits per heavy atom. The molecule has 10 nitrogen and oxygen atoms in total. The molecule has 5 rings (SSSR count). The van der Waals surface area contributed by atoms with Gasteiger partial charge in [0.05, 0.1) is 0 Å². The molecule has 2 heterocycles. The minimum Gasteiger partial charge on any atom is -0.344 e. The molecule has 2 aliphatic heterocycles. The number of likely N-dealkylation sites (N-methyl/N-ethyl adjacent to an activating group) is 1. The van der Waals surface area contributed by atoms with Crippen LogP contribution in [0, 0.1) is 11.6 Å². The number of nitrogens with one attached hydrogen (secondary N) is 3. The van der Waals surface area contributed by atoms with Crippen molar-refractivity contribution in [3.63, 3.8) is 0 Å². The van der Waals surface area contributed by atoms with Gasteiger partial charge in [0.25, 0.3) is 5.91 Å². The number of imide groups is 1. The molecule has 2 fully saturated rings. The monoisotopic (exact) mass is 525 g/mol. The molecule has 0 saturated carbocycles. The van der Waals surface area contributed by atoms with Crippen molar-refractivity contribution in [3.05, 3.63) is 64.7 Å². The van der Waals surface area contributed by atoms with Gasteiger partial charge in [0, 0.05) is 44.6 Å². The first kappa shape index (κ1) is 25.3. The fraction of sp³-hybridized carbons (Fsp3) is 0.346. The van der Waals surface area contributed by atoms with Crippen molar-refractivity contribution in [2.24, 2.45) is 0 Å². The smallest absolute Gasteiger partial charge is 0.324 e. The van der Waals surface area contributed by atoms with Crippen LogP contribution >= 0.6 is 0 Å². The summed E-state index contributed by atoms with van der Waals surface area (Å²) in [5.41, 5.74) is 1.26. The highest BCUT2D eigenvalue weighted by atomic mass is 19.1. The van der Waals surface area contributed by atoms with Crippen molar-refractivity contribution >= 4 is 35.3 Å². The Morgan fingerprint density at radius 3 is 2.42 bits per heavy atom. The number of carbonyl (C=O) groups is 5. The van der Waals surface area contributed by atoms with E-state index in [1.165, 1.54) is 4.90 Å². The van der Waals surface area contributed by atoms with Crippen molar-refractivity contribution in [2.45, 2.75) is 43.8 Å². The molecule has 0 radical (unpaired) electrons. The van der Waals surface area contributed by atoms with E-state index < -0.39 is 47.6 Å². The summed E-state index contributed by atoms with van der Waals surface area (Å²) in [4.78, 5) is 64.7. The standard InChI is InChI=1S/C26H25F2N5O5/c1-32-25(38)31-24(37)26(32)10-15-2-3-19(8-16(15)11-26)29-22(35)13-33(23(36)20-4-5-21(34)30-20)12-14-6-17(27)9-18(28)7-14/h2-3,6-9,20H,4-5,10-13H2,1H3,(H,29,35)(H,30,34)(H,31,37,38)/t20?,26-/m0/s1. The van der Waals surface area contributed by atoms with Crippen LogP contribution in [0.3, 0.4) is 0 Å². The highest BCUT2D eigenvalue weighted by molar-refractivity contribution is 6.07. The normalized spacial score (nSPS) is 21.9. The largest absolute Gasteiger partial charge is 0.344 e. The lowest BCUT2D eigenvalue weighted by Gasteiger charge is -2.27. The first-order chi connectivity index (χ1) is 18.0. The maximum atomic E-state index is 13.7. The number of carbonyl (C=O) groups excluding carboxylic acids is 5.